The third kappa shape index (κ3) is 3.76. The standard InChI is InChI=1S/C20H24N2O3S/c1-14-11-16(25-4)9-10-19(14)26(23,24)22-20(2,3)12-15-13-21-18-8-6-5-7-17(15)18/h5-11,13,21-22H,12H2,1-4H3. The average molecular weight is 372 g/mol. The minimum atomic E-state index is -3.65. The van der Waals surface area contributed by atoms with Crippen molar-refractivity contribution in [1.29, 1.82) is 0 Å². The number of rotatable bonds is 6. The fourth-order valence-electron chi connectivity index (χ4n) is 3.26. The zero-order valence-corrected chi connectivity index (χ0v) is 16.3. The van der Waals surface area contributed by atoms with Crippen molar-refractivity contribution in [1.82, 2.24) is 9.71 Å². The molecular weight excluding hydrogens is 348 g/mol. The molecule has 0 saturated heterocycles. The molecule has 0 aliphatic rings. The molecule has 26 heavy (non-hydrogen) atoms. The maximum atomic E-state index is 12.9. The van der Waals surface area contributed by atoms with Crippen LogP contribution in [-0.4, -0.2) is 26.1 Å². The van der Waals surface area contributed by atoms with E-state index < -0.39 is 15.6 Å². The molecule has 0 saturated carbocycles. The summed E-state index contributed by atoms with van der Waals surface area (Å²) >= 11 is 0. The number of hydrogen-bond donors (Lipinski definition) is 2. The Morgan fingerprint density at radius 2 is 1.88 bits per heavy atom. The van der Waals surface area contributed by atoms with Crippen molar-refractivity contribution in [2.75, 3.05) is 7.11 Å². The van der Waals surface area contributed by atoms with Gasteiger partial charge in [0.2, 0.25) is 10.0 Å². The van der Waals surface area contributed by atoms with Crippen LogP contribution in [0.4, 0.5) is 0 Å². The Balaban J connectivity index is 1.86. The van der Waals surface area contributed by atoms with Crippen molar-refractivity contribution in [3.8, 4) is 5.75 Å². The van der Waals surface area contributed by atoms with Gasteiger partial charge < -0.3 is 9.72 Å². The topological polar surface area (TPSA) is 71.2 Å². The molecule has 1 heterocycles. The van der Waals surface area contributed by atoms with Gasteiger partial charge in [-0.2, -0.15) is 0 Å². The molecule has 3 aromatic rings. The Bertz CT molecular complexity index is 1040. The summed E-state index contributed by atoms with van der Waals surface area (Å²) in [4.78, 5) is 3.50. The summed E-state index contributed by atoms with van der Waals surface area (Å²) in [5.41, 5.74) is 2.14. The van der Waals surface area contributed by atoms with E-state index in [2.05, 4.69) is 9.71 Å². The molecule has 0 aliphatic carbocycles. The Kier molecular flexibility index (Phi) is 4.82. The van der Waals surface area contributed by atoms with E-state index in [1.54, 1.807) is 32.2 Å². The number of aromatic amines is 1. The van der Waals surface area contributed by atoms with Crippen LogP contribution in [0.2, 0.25) is 0 Å². The van der Waals surface area contributed by atoms with Gasteiger partial charge in [-0.1, -0.05) is 18.2 Å². The van der Waals surface area contributed by atoms with E-state index in [4.69, 9.17) is 4.74 Å². The molecule has 0 atom stereocenters. The highest BCUT2D eigenvalue weighted by molar-refractivity contribution is 7.89. The van der Waals surface area contributed by atoms with E-state index in [1.165, 1.54) is 0 Å². The zero-order valence-electron chi connectivity index (χ0n) is 15.5. The number of hydrogen-bond acceptors (Lipinski definition) is 3. The molecule has 2 N–H and O–H groups in total. The predicted octanol–water partition coefficient (Wildman–Crippen LogP) is 3.78. The smallest absolute Gasteiger partial charge is 0.241 e. The number of sulfonamides is 1. The van der Waals surface area contributed by atoms with E-state index in [9.17, 15) is 8.42 Å². The molecule has 0 spiro atoms. The molecule has 1 aromatic heterocycles. The second-order valence-electron chi connectivity index (χ2n) is 7.16. The largest absolute Gasteiger partial charge is 0.497 e. The summed E-state index contributed by atoms with van der Waals surface area (Å²) in [6.07, 6.45) is 2.52. The minimum Gasteiger partial charge on any atom is -0.497 e. The van der Waals surface area contributed by atoms with Gasteiger partial charge in [0.15, 0.2) is 0 Å². The first-order valence-corrected chi connectivity index (χ1v) is 9.94. The summed E-state index contributed by atoms with van der Waals surface area (Å²) < 4.78 is 33.8. The Morgan fingerprint density at radius 1 is 1.15 bits per heavy atom. The molecule has 0 aliphatic heterocycles. The Hall–Kier alpha value is -2.31. The third-order valence-electron chi connectivity index (χ3n) is 4.39. The molecule has 0 fully saturated rings. The maximum Gasteiger partial charge on any atom is 0.241 e. The van der Waals surface area contributed by atoms with Gasteiger partial charge >= 0.3 is 0 Å². The summed E-state index contributed by atoms with van der Waals surface area (Å²) in [5.74, 6) is 0.638. The fourth-order valence-corrected chi connectivity index (χ4v) is 4.90. The molecule has 6 heteroatoms. The third-order valence-corrected chi connectivity index (χ3v) is 6.25. The van der Waals surface area contributed by atoms with Gasteiger partial charge in [-0.05, 0) is 62.6 Å². The highest BCUT2D eigenvalue weighted by Crippen LogP contribution is 2.25. The van der Waals surface area contributed by atoms with E-state index >= 15 is 0 Å². The zero-order chi connectivity index (χ0) is 18.9. The minimum absolute atomic E-state index is 0.269. The van der Waals surface area contributed by atoms with Crippen LogP contribution in [0.1, 0.15) is 25.0 Å². The van der Waals surface area contributed by atoms with Gasteiger partial charge in [-0.15, -0.1) is 0 Å². The molecule has 0 bridgehead atoms. The molecule has 5 nitrogen and oxygen atoms in total. The van der Waals surface area contributed by atoms with Crippen molar-refractivity contribution in [3.05, 3.63) is 59.8 Å². The summed E-state index contributed by atoms with van der Waals surface area (Å²) in [5, 5.41) is 1.11. The normalized spacial score (nSPS) is 12.5. The van der Waals surface area contributed by atoms with Crippen LogP contribution >= 0.6 is 0 Å². The molecule has 0 radical (unpaired) electrons. The van der Waals surface area contributed by atoms with Gasteiger partial charge in [-0.25, -0.2) is 13.1 Å². The first-order chi connectivity index (χ1) is 12.2. The molecule has 138 valence electrons. The fraction of sp³-hybridized carbons (Fsp3) is 0.300. The van der Waals surface area contributed by atoms with Crippen molar-refractivity contribution >= 4 is 20.9 Å². The highest BCUT2D eigenvalue weighted by atomic mass is 32.2. The van der Waals surface area contributed by atoms with Crippen molar-refractivity contribution in [3.63, 3.8) is 0 Å². The number of ether oxygens (including phenoxy) is 1. The number of fused-ring (bicyclic) bond motifs is 1. The van der Waals surface area contributed by atoms with Crippen molar-refractivity contribution in [2.24, 2.45) is 0 Å². The van der Waals surface area contributed by atoms with Crippen LogP contribution in [0.25, 0.3) is 10.9 Å². The van der Waals surface area contributed by atoms with E-state index in [0.717, 1.165) is 16.5 Å². The number of para-hydroxylation sites is 1. The molecule has 2 aromatic carbocycles. The van der Waals surface area contributed by atoms with Gasteiger partial charge in [0.1, 0.15) is 5.75 Å². The quantitative estimate of drug-likeness (QED) is 0.692. The van der Waals surface area contributed by atoms with E-state index in [1.807, 2.05) is 44.3 Å². The SMILES string of the molecule is COc1ccc(S(=O)(=O)NC(C)(C)Cc2c[nH]c3ccccc23)c(C)c1. The Morgan fingerprint density at radius 3 is 2.58 bits per heavy atom. The van der Waals surface area contributed by atoms with Crippen molar-refractivity contribution < 1.29 is 13.2 Å². The lowest BCUT2D eigenvalue weighted by Gasteiger charge is -2.26. The number of aryl methyl sites for hydroxylation is 1. The number of nitrogens with one attached hydrogen (secondary N) is 2. The lowest BCUT2D eigenvalue weighted by molar-refractivity contribution is 0.414. The predicted molar refractivity (Wildman–Crippen MR) is 104 cm³/mol. The van der Waals surface area contributed by atoms with Crippen LogP contribution in [-0.2, 0) is 16.4 Å². The molecule has 0 amide bonds. The van der Waals surface area contributed by atoms with Gasteiger partial charge in [0.05, 0.1) is 12.0 Å². The molecule has 3 rings (SSSR count). The monoisotopic (exact) mass is 372 g/mol. The Labute approximate surface area is 154 Å². The number of H-pyrrole nitrogens is 1. The van der Waals surface area contributed by atoms with Crippen LogP contribution in [0, 0.1) is 6.92 Å². The van der Waals surface area contributed by atoms with Crippen LogP contribution < -0.4 is 9.46 Å². The average Bonchev–Trinajstić information content (AvgIpc) is 2.96. The molecule has 0 unspecified atom stereocenters. The molecular formula is C20H24N2O3S. The summed E-state index contributed by atoms with van der Waals surface area (Å²) in [6.45, 7) is 5.56. The summed E-state index contributed by atoms with van der Waals surface area (Å²) in [6, 6.07) is 13.0. The number of methoxy groups -OCH3 is 1. The highest BCUT2D eigenvalue weighted by Gasteiger charge is 2.28. The van der Waals surface area contributed by atoms with Crippen LogP contribution in [0.5, 0.6) is 5.75 Å². The summed E-state index contributed by atoms with van der Waals surface area (Å²) in [7, 11) is -2.08. The maximum absolute atomic E-state index is 12.9. The second kappa shape index (κ2) is 6.78. The van der Waals surface area contributed by atoms with Gasteiger partial charge in [-0.3, -0.25) is 0 Å². The van der Waals surface area contributed by atoms with Crippen molar-refractivity contribution in [2.45, 2.75) is 37.6 Å². The lowest BCUT2D eigenvalue weighted by atomic mass is 9.96. The van der Waals surface area contributed by atoms with Gasteiger partial charge in [0, 0.05) is 22.6 Å². The second-order valence-corrected chi connectivity index (χ2v) is 8.81. The van der Waals surface area contributed by atoms with Crippen LogP contribution in [0.15, 0.2) is 53.6 Å². The van der Waals surface area contributed by atoms with E-state index in [-0.39, 0.29) is 4.90 Å². The number of benzene rings is 2. The van der Waals surface area contributed by atoms with Crippen LogP contribution in [0.3, 0.4) is 0 Å². The first kappa shape index (κ1) is 18.5. The first-order valence-electron chi connectivity index (χ1n) is 8.45. The number of aromatic nitrogens is 1. The lowest BCUT2D eigenvalue weighted by Crippen LogP contribution is -2.45. The van der Waals surface area contributed by atoms with E-state index in [0.29, 0.717) is 17.7 Å². The van der Waals surface area contributed by atoms with Gasteiger partial charge in [0.25, 0.3) is 0 Å².